The van der Waals surface area contributed by atoms with E-state index in [1.54, 1.807) is 0 Å². The molecule has 2 heterocycles. The van der Waals surface area contributed by atoms with Crippen molar-refractivity contribution < 1.29 is 122 Å². The lowest BCUT2D eigenvalue weighted by molar-refractivity contribution is -0.360. The minimum Gasteiger partial charge on any atom is -0.463 e. The molecule has 0 amide bonds. The van der Waals surface area contributed by atoms with E-state index < -0.39 is 162 Å². The van der Waals surface area contributed by atoms with Gasteiger partial charge >= 0.3 is 31.7 Å². The first-order valence-electron chi connectivity index (χ1n) is 48.7. The molecule has 2 aliphatic heterocycles. The molecule has 3 rings (SSSR count). The Morgan fingerprint density at radius 2 is 0.675 bits per heavy atom. The number of hydrogen-bond acceptors (Lipinski definition) is 24. The highest BCUT2D eigenvalue weighted by molar-refractivity contribution is 7.47. The molecule has 20 atom stereocenters. The fourth-order valence-electron chi connectivity index (χ4n) is 16.4. The molecular formula is C94H175O25P. The zero-order chi connectivity index (χ0) is 87.8. The molecular weight excluding hydrogens is 1560 g/mol. The molecule has 120 heavy (non-hydrogen) atoms. The third kappa shape index (κ3) is 51.3. The number of phosphoric acid groups is 1. The quantitative estimate of drug-likeness (QED) is 0.00889. The summed E-state index contributed by atoms with van der Waals surface area (Å²) in [5, 5.41) is 103. The number of esters is 4. The number of allylic oxidation sites excluding steroid dienone is 2. The monoisotopic (exact) mass is 1740 g/mol. The van der Waals surface area contributed by atoms with Gasteiger partial charge in [0, 0.05) is 25.7 Å². The Bertz CT molecular complexity index is 2570. The number of aliphatic hydroxyl groups is 9. The maximum absolute atomic E-state index is 14.9. The molecule has 2 saturated heterocycles. The first-order valence-corrected chi connectivity index (χ1v) is 50.2. The van der Waals surface area contributed by atoms with Crippen LogP contribution in [-0.2, 0) is 70.7 Å². The van der Waals surface area contributed by atoms with Crippen LogP contribution in [0.25, 0.3) is 0 Å². The van der Waals surface area contributed by atoms with E-state index in [9.17, 15) is 74.6 Å². The molecule has 0 aromatic rings. The van der Waals surface area contributed by atoms with Gasteiger partial charge in [-0.05, 0) is 63.2 Å². The number of hydrogen-bond donors (Lipinski definition) is 10. The molecule has 1 saturated carbocycles. The SMILES string of the molecule is CCCCCCCC/C=C\CCCCCC(=O)OCC(COP(=O)(O)OC1C(OC2OC(CO)C(O)C(O)C2O)C(O)C(O)C(OC(=O)CCCCCCCCC(C)CCCCCCCC)C1OC1OC(COC(=O)CCCCCCCCCCCCCCCCCC)C(O)C(O)C1O)OC(=O)CCCCCCCCC(C)CCCCCCCC. The van der Waals surface area contributed by atoms with Crippen LogP contribution in [-0.4, -0.2) is 205 Å². The first-order chi connectivity index (χ1) is 58.0. The van der Waals surface area contributed by atoms with Crippen molar-refractivity contribution in [3.8, 4) is 0 Å². The first kappa shape index (κ1) is 111. The molecule has 0 spiro atoms. The van der Waals surface area contributed by atoms with Gasteiger partial charge in [0.25, 0.3) is 0 Å². The van der Waals surface area contributed by atoms with E-state index in [1.165, 1.54) is 193 Å². The molecule has 1 aliphatic carbocycles. The van der Waals surface area contributed by atoms with E-state index in [-0.39, 0.29) is 25.7 Å². The van der Waals surface area contributed by atoms with Crippen molar-refractivity contribution in [2.75, 3.05) is 26.4 Å². The summed E-state index contributed by atoms with van der Waals surface area (Å²) in [7, 11) is -5.81. The predicted octanol–water partition coefficient (Wildman–Crippen LogP) is 18.4. The highest BCUT2D eigenvalue weighted by Gasteiger charge is 2.60. The third-order valence-electron chi connectivity index (χ3n) is 24.3. The summed E-state index contributed by atoms with van der Waals surface area (Å²) in [5.74, 6) is -1.68. The highest BCUT2D eigenvalue weighted by Crippen LogP contribution is 2.49. The zero-order valence-corrected chi connectivity index (χ0v) is 76.6. The van der Waals surface area contributed by atoms with E-state index >= 15 is 0 Å². The number of aliphatic hydroxyl groups excluding tert-OH is 9. The summed E-state index contributed by atoms with van der Waals surface area (Å²) < 4.78 is 73.6. The Morgan fingerprint density at radius 3 is 1.08 bits per heavy atom. The summed E-state index contributed by atoms with van der Waals surface area (Å²) in [5.41, 5.74) is 0. The largest absolute Gasteiger partial charge is 0.472 e. The molecule has 706 valence electrons. The molecule has 0 aromatic heterocycles. The molecule has 0 aromatic carbocycles. The topological polar surface area (TPSA) is 380 Å². The average molecular weight is 1740 g/mol. The van der Waals surface area contributed by atoms with Crippen LogP contribution in [0, 0.1) is 11.8 Å². The van der Waals surface area contributed by atoms with Crippen molar-refractivity contribution in [3.05, 3.63) is 12.2 Å². The minimum absolute atomic E-state index is 0.0152. The summed E-state index contributed by atoms with van der Waals surface area (Å²) >= 11 is 0. The van der Waals surface area contributed by atoms with E-state index in [0.29, 0.717) is 43.9 Å². The predicted molar refractivity (Wildman–Crippen MR) is 467 cm³/mol. The van der Waals surface area contributed by atoms with Crippen LogP contribution in [0.4, 0.5) is 0 Å². The summed E-state index contributed by atoms with van der Waals surface area (Å²) in [6, 6.07) is 0. The maximum Gasteiger partial charge on any atom is 0.472 e. The van der Waals surface area contributed by atoms with Gasteiger partial charge in [-0.2, -0.15) is 0 Å². The van der Waals surface area contributed by atoms with Gasteiger partial charge in [-0.15, -0.1) is 0 Å². The van der Waals surface area contributed by atoms with Gasteiger partial charge in [0.05, 0.1) is 13.2 Å². The van der Waals surface area contributed by atoms with Gasteiger partial charge in [0.2, 0.25) is 0 Å². The van der Waals surface area contributed by atoms with Gasteiger partial charge in [-0.1, -0.05) is 355 Å². The van der Waals surface area contributed by atoms with E-state index in [4.69, 9.17) is 46.9 Å². The zero-order valence-electron chi connectivity index (χ0n) is 75.7. The average Bonchev–Trinajstić information content (AvgIpc) is 0.754. The van der Waals surface area contributed by atoms with Crippen molar-refractivity contribution in [1.29, 1.82) is 0 Å². The lowest BCUT2D eigenvalue weighted by Crippen LogP contribution is -2.70. The fourth-order valence-corrected chi connectivity index (χ4v) is 17.4. The van der Waals surface area contributed by atoms with Crippen LogP contribution in [0.2, 0.25) is 0 Å². The molecule has 0 bridgehead atoms. The molecule has 26 heteroatoms. The number of carbonyl (C=O) groups is 4. The molecule has 25 nitrogen and oxygen atoms in total. The summed E-state index contributed by atoms with van der Waals surface area (Å²) in [6.45, 7) is 10.2. The van der Waals surface area contributed by atoms with Gasteiger partial charge < -0.3 is 88.7 Å². The van der Waals surface area contributed by atoms with Crippen LogP contribution >= 0.6 is 7.82 Å². The van der Waals surface area contributed by atoms with Gasteiger partial charge in [0.1, 0.15) is 92.6 Å². The minimum atomic E-state index is -5.81. The van der Waals surface area contributed by atoms with E-state index in [2.05, 4.69) is 53.7 Å². The van der Waals surface area contributed by atoms with Crippen molar-refractivity contribution >= 4 is 31.7 Å². The normalized spacial score (nSPS) is 25.3. The molecule has 20 unspecified atom stereocenters. The second kappa shape index (κ2) is 71.2. The second-order valence-corrected chi connectivity index (χ2v) is 36.9. The summed E-state index contributed by atoms with van der Waals surface area (Å²) in [6.07, 6.45) is 27.8. The fraction of sp³-hybridized carbons (Fsp3) is 0.936. The lowest BCUT2D eigenvalue weighted by Gasteiger charge is -2.50. The van der Waals surface area contributed by atoms with Crippen molar-refractivity contribution in [3.63, 3.8) is 0 Å². The Balaban J connectivity index is 1.92. The van der Waals surface area contributed by atoms with Gasteiger partial charge in [0.15, 0.2) is 24.8 Å². The van der Waals surface area contributed by atoms with Crippen LogP contribution < -0.4 is 0 Å². The second-order valence-electron chi connectivity index (χ2n) is 35.5. The Morgan fingerprint density at radius 1 is 0.350 bits per heavy atom. The number of carbonyl (C=O) groups excluding carboxylic acids is 4. The van der Waals surface area contributed by atoms with E-state index in [0.717, 1.165) is 128 Å². The van der Waals surface area contributed by atoms with Crippen molar-refractivity contribution in [1.82, 2.24) is 0 Å². The summed E-state index contributed by atoms with van der Waals surface area (Å²) in [4.78, 5) is 66.6. The van der Waals surface area contributed by atoms with Crippen molar-refractivity contribution in [2.45, 2.75) is 525 Å². The van der Waals surface area contributed by atoms with Crippen molar-refractivity contribution in [2.24, 2.45) is 11.8 Å². The molecule has 10 N–H and O–H groups in total. The van der Waals surface area contributed by atoms with Crippen LogP contribution in [0.3, 0.4) is 0 Å². The maximum atomic E-state index is 14.9. The van der Waals surface area contributed by atoms with E-state index in [1.807, 2.05) is 0 Å². The van der Waals surface area contributed by atoms with Crippen LogP contribution in [0.1, 0.15) is 420 Å². The third-order valence-corrected chi connectivity index (χ3v) is 25.3. The number of phosphoric ester groups is 1. The number of rotatable bonds is 78. The Labute approximate surface area is 724 Å². The Hall–Kier alpha value is -2.79. The van der Waals surface area contributed by atoms with Gasteiger partial charge in [-0.3, -0.25) is 28.2 Å². The van der Waals surface area contributed by atoms with Crippen LogP contribution in [0.5, 0.6) is 0 Å². The van der Waals surface area contributed by atoms with Crippen LogP contribution in [0.15, 0.2) is 12.2 Å². The van der Waals surface area contributed by atoms with Gasteiger partial charge in [-0.25, -0.2) is 4.57 Å². The number of ether oxygens (including phenoxy) is 8. The lowest BCUT2D eigenvalue weighted by atomic mass is 9.84. The highest BCUT2D eigenvalue weighted by atomic mass is 31.2. The standard InChI is InChI=1S/C94H175O25P/c1-7-11-15-19-23-25-27-29-30-31-33-35-37-39-49-57-65-78(97)111-71-76-82(101)84(103)88(107)94(115-76)118-91-89(116-80(99)67-59-51-43-41-47-55-63-73(6)61-53-45-22-18-14-10-4)85(104)86(105)90(117-93-87(106)83(102)81(100)75(68-95)114-93)92(91)119-120(108,109)112-70-74(69-110-77(96)64-56-48-38-36-34-32-28-26-24-20-16-12-8-2)113-79(98)66-58-50-42-40-46-54-62-72(5)60-52-44-21-17-13-9-3/h32,34,72-76,81-95,100-107H,7-31,33,35-71H2,1-6H3,(H,108,109)/b34-32-. The smallest absolute Gasteiger partial charge is 0.463 e. The molecule has 3 aliphatic rings. The molecule has 0 radical (unpaired) electrons. The molecule has 3 fully saturated rings. The number of unbranched alkanes of at least 4 members (excludes halogenated alkanes) is 44. The Kier molecular flexibility index (Phi) is 66.1.